The second kappa shape index (κ2) is 7.76. The topological polar surface area (TPSA) is 104 Å². The highest BCUT2D eigenvalue weighted by molar-refractivity contribution is 7.89. The third kappa shape index (κ3) is 3.66. The maximum atomic E-state index is 12.8. The van der Waals surface area contributed by atoms with E-state index in [0.29, 0.717) is 17.8 Å². The number of nitrogens with one attached hydrogen (secondary N) is 1. The van der Waals surface area contributed by atoms with Crippen LogP contribution in [-0.2, 0) is 19.6 Å². The van der Waals surface area contributed by atoms with Crippen molar-refractivity contribution in [1.29, 1.82) is 0 Å². The summed E-state index contributed by atoms with van der Waals surface area (Å²) in [4.78, 5) is 38.8. The molecule has 0 aliphatic carbocycles. The highest BCUT2D eigenvalue weighted by Gasteiger charge is 2.41. The number of benzene rings is 2. The number of rotatable bonds is 6. The summed E-state index contributed by atoms with van der Waals surface area (Å²) < 4.78 is 25.4. The monoisotopic (exact) mass is 415 g/mol. The molecule has 0 aromatic heterocycles. The zero-order chi connectivity index (χ0) is 21.3. The minimum atomic E-state index is -3.57. The van der Waals surface area contributed by atoms with Gasteiger partial charge in [-0.15, -0.1) is 0 Å². The fourth-order valence-corrected chi connectivity index (χ4v) is 4.05. The van der Waals surface area contributed by atoms with Crippen molar-refractivity contribution in [2.45, 2.75) is 24.3 Å². The zero-order valence-electron chi connectivity index (χ0n) is 16.2. The van der Waals surface area contributed by atoms with Crippen molar-refractivity contribution in [3.63, 3.8) is 0 Å². The average Bonchev–Trinajstić information content (AvgIpc) is 2.94. The van der Waals surface area contributed by atoms with Gasteiger partial charge in [0.15, 0.2) is 0 Å². The minimum absolute atomic E-state index is 0.0989. The predicted octanol–water partition coefficient (Wildman–Crippen LogP) is 1.88. The number of amides is 2. The van der Waals surface area contributed by atoms with Crippen molar-refractivity contribution >= 4 is 39.0 Å². The lowest BCUT2D eigenvalue weighted by Crippen LogP contribution is -2.46. The van der Waals surface area contributed by atoms with E-state index in [4.69, 9.17) is 0 Å². The number of ketones is 1. The Bertz CT molecular complexity index is 1080. The molecule has 2 aromatic carbocycles. The molecule has 2 aromatic rings. The van der Waals surface area contributed by atoms with E-state index in [1.165, 1.54) is 43.3 Å². The van der Waals surface area contributed by atoms with Crippen LogP contribution in [0.2, 0.25) is 0 Å². The SMILES string of the molecule is CCC(C(=O)Nc1ccc(S(=O)(=O)N(C)C)cc1)N1C(=O)C(=O)c2ccccc21. The second-order valence-corrected chi connectivity index (χ2v) is 8.90. The summed E-state index contributed by atoms with van der Waals surface area (Å²) in [6.07, 6.45) is 0.298. The van der Waals surface area contributed by atoms with Crippen molar-refractivity contribution < 1.29 is 22.8 Å². The molecular formula is C20H21N3O5S. The van der Waals surface area contributed by atoms with Crippen LogP contribution in [0.3, 0.4) is 0 Å². The molecule has 0 bridgehead atoms. The zero-order valence-corrected chi connectivity index (χ0v) is 17.1. The first-order chi connectivity index (χ1) is 13.7. The van der Waals surface area contributed by atoms with Crippen molar-refractivity contribution in [2.24, 2.45) is 0 Å². The van der Waals surface area contributed by atoms with E-state index >= 15 is 0 Å². The number of hydrogen-bond donors (Lipinski definition) is 1. The van der Waals surface area contributed by atoms with Gasteiger partial charge in [0.2, 0.25) is 15.9 Å². The Morgan fingerprint density at radius 2 is 1.69 bits per heavy atom. The molecule has 3 rings (SSSR count). The van der Waals surface area contributed by atoms with Gasteiger partial charge < -0.3 is 5.32 Å². The van der Waals surface area contributed by atoms with Crippen LogP contribution in [-0.4, -0.2) is 50.5 Å². The van der Waals surface area contributed by atoms with E-state index in [1.807, 2.05) is 0 Å². The van der Waals surface area contributed by atoms with Crippen LogP contribution in [0.1, 0.15) is 23.7 Å². The van der Waals surface area contributed by atoms with E-state index in [-0.39, 0.29) is 10.5 Å². The van der Waals surface area contributed by atoms with Crippen molar-refractivity contribution in [2.75, 3.05) is 24.3 Å². The van der Waals surface area contributed by atoms with Crippen LogP contribution in [0, 0.1) is 0 Å². The molecule has 1 atom stereocenters. The van der Waals surface area contributed by atoms with Gasteiger partial charge >= 0.3 is 0 Å². The van der Waals surface area contributed by atoms with Crippen molar-refractivity contribution in [3.05, 3.63) is 54.1 Å². The van der Waals surface area contributed by atoms with Crippen LogP contribution in [0.5, 0.6) is 0 Å². The summed E-state index contributed by atoms with van der Waals surface area (Å²) >= 11 is 0. The Kier molecular flexibility index (Phi) is 5.54. The van der Waals surface area contributed by atoms with Crippen LogP contribution in [0.15, 0.2) is 53.4 Å². The van der Waals surface area contributed by atoms with E-state index in [1.54, 1.807) is 31.2 Å². The lowest BCUT2D eigenvalue weighted by Gasteiger charge is -2.26. The van der Waals surface area contributed by atoms with Crippen LogP contribution < -0.4 is 10.2 Å². The standard InChI is InChI=1S/C20H21N3O5S/c1-4-16(23-17-8-6-5-7-15(17)18(24)20(23)26)19(25)21-13-9-11-14(12-10-13)29(27,28)22(2)3/h5-12,16H,4H2,1-3H3,(H,21,25). The quantitative estimate of drug-likeness (QED) is 0.726. The maximum Gasteiger partial charge on any atom is 0.300 e. The number of para-hydroxylation sites is 1. The van der Waals surface area contributed by atoms with E-state index in [9.17, 15) is 22.8 Å². The fourth-order valence-electron chi connectivity index (χ4n) is 3.15. The molecule has 1 aliphatic heterocycles. The van der Waals surface area contributed by atoms with E-state index in [2.05, 4.69) is 5.32 Å². The highest BCUT2D eigenvalue weighted by atomic mass is 32.2. The van der Waals surface area contributed by atoms with Crippen molar-refractivity contribution in [1.82, 2.24) is 4.31 Å². The lowest BCUT2D eigenvalue weighted by molar-refractivity contribution is -0.121. The number of anilines is 2. The molecule has 1 unspecified atom stereocenters. The van der Waals surface area contributed by atoms with Gasteiger partial charge in [-0.05, 0) is 42.8 Å². The molecule has 8 nitrogen and oxygen atoms in total. The highest BCUT2D eigenvalue weighted by Crippen LogP contribution is 2.31. The molecule has 1 N–H and O–H groups in total. The molecule has 1 heterocycles. The third-order valence-corrected chi connectivity index (χ3v) is 6.55. The van der Waals surface area contributed by atoms with Crippen molar-refractivity contribution in [3.8, 4) is 0 Å². The molecule has 1 aliphatic rings. The first-order valence-corrected chi connectivity index (χ1v) is 10.4. The number of nitrogens with zero attached hydrogens (tertiary/aromatic N) is 2. The van der Waals surface area contributed by atoms with Gasteiger partial charge in [-0.1, -0.05) is 19.1 Å². The fraction of sp³-hybridized carbons (Fsp3) is 0.250. The molecule has 0 saturated carbocycles. The Morgan fingerprint density at radius 1 is 1.07 bits per heavy atom. The summed E-state index contributed by atoms with van der Waals surface area (Å²) in [7, 11) is -0.706. The summed E-state index contributed by atoms with van der Waals surface area (Å²) in [6.45, 7) is 1.75. The van der Waals surface area contributed by atoms with E-state index in [0.717, 1.165) is 4.31 Å². The Labute approximate surface area is 169 Å². The first-order valence-electron chi connectivity index (χ1n) is 8.98. The largest absolute Gasteiger partial charge is 0.324 e. The smallest absolute Gasteiger partial charge is 0.300 e. The summed E-state index contributed by atoms with van der Waals surface area (Å²) in [5.41, 5.74) is 1.08. The molecule has 2 amide bonds. The molecule has 29 heavy (non-hydrogen) atoms. The Balaban J connectivity index is 1.83. The molecule has 0 spiro atoms. The summed E-state index contributed by atoms with van der Waals surface area (Å²) in [5, 5.41) is 2.69. The minimum Gasteiger partial charge on any atom is -0.324 e. The van der Waals surface area contributed by atoms with Gasteiger partial charge in [0.25, 0.3) is 11.7 Å². The Hall–Kier alpha value is -3.04. The van der Waals surface area contributed by atoms with Gasteiger partial charge in [-0.25, -0.2) is 12.7 Å². The first kappa shape index (κ1) is 20.7. The van der Waals surface area contributed by atoms with Gasteiger partial charge in [0.1, 0.15) is 6.04 Å². The summed E-state index contributed by atoms with van der Waals surface area (Å²) in [6, 6.07) is 11.4. The normalized spacial score (nSPS) is 14.8. The number of Topliss-reactive ketones (excluding diaryl/α,β-unsaturated/α-hetero) is 1. The van der Waals surface area contributed by atoms with Gasteiger partial charge in [0.05, 0.1) is 16.1 Å². The van der Waals surface area contributed by atoms with Gasteiger partial charge in [-0.2, -0.15) is 0 Å². The number of carbonyl (C=O) groups excluding carboxylic acids is 3. The Morgan fingerprint density at radius 3 is 2.28 bits per heavy atom. The number of fused-ring (bicyclic) bond motifs is 1. The summed E-state index contributed by atoms with van der Waals surface area (Å²) in [5.74, 6) is -1.83. The van der Waals surface area contributed by atoms with E-state index < -0.39 is 33.7 Å². The van der Waals surface area contributed by atoms with Crippen LogP contribution in [0.25, 0.3) is 0 Å². The number of carbonyl (C=O) groups is 3. The van der Waals surface area contributed by atoms with Gasteiger partial charge in [0, 0.05) is 19.8 Å². The predicted molar refractivity (Wildman–Crippen MR) is 108 cm³/mol. The number of sulfonamides is 1. The maximum absolute atomic E-state index is 12.8. The van der Waals surface area contributed by atoms with Crippen LogP contribution in [0.4, 0.5) is 11.4 Å². The molecular weight excluding hydrogens is 394 g/mol. The second-order valence-electron chi connectivity index (χ2n) is 6.75. The molecule has 0 saturated heterocycles. The molecule has 0 radical (unpaired) electrons. The lowest BCUT2D eigenvalue weighted by atomic mass is 10.1. The van der Waals surface area contributed by atoms with Crippen LogP contribution >= 0.6 is 0 Å². The van der Waals surface area contributed by atoms with Gasteiger partial charge in [-0.3, -0.25) is 19.3 Å². The number of hydrogen-bond acceptors (Lipinski definition) is 5. The molecule has 0 fully saturated rings. The molecule has 152 valence electrons. The third-order valence-electron chi connectivity index (χ3n) is 4.72. The molecule has 9 heteroatoms. The average molecular weight is 415 g/mol.